The number of nitrogens with zero attached hydrogens (tertiary/aromatic N) is 3. The van der Waals surface area contributed by atoms with Crippen molar-refractivity contribution in [3.8, 4) is 23.1 Å². The lowest BCUT2D eigenvalue weighted by atomic mass is 9.99. The highest BCUT2D eigenvalue weighted by atomic mass is 16.3. The zero-order chi connectivity index (χ0) is 20.8. The van der Waals surface area contributed by atoms with Gasteiger partial charge in [0, 0.05) is 6.42 Å². The minimum absolute atomic E-state index is 0.150. The first kappa shape index (κ1) is 20.3. The molecule has 1 heterocycles. The van der Waals surface area contributed by atoms with E-state index in [1.807, 2.05) is 49.4 Å². The Hall–Kier alpha value is -3.39. The summed E-state index contributed by atoms with van der Waals surface area (Å²) in [4.78, 5) is 17.2. The maximum atomic E-state index is 12.9. The molecule has 5 nitrogen and oxygen atoms in total. The lowest BCUT2D eigenvalue weighted by Gasteiger charge is -2.15. The predicted octanol–water partition coefficient (Wildman–Crippen LogP) is 4.44. The molecule has 0 bridgehead atoms. The number of benzene rings is 2. The lowest BCUT2D eigenvalue weighted by molar-refractivity contribution is 0.432. The number of nitriles is 1. The Balaban J connectivity index is 1.96. The van der Waals surface area contributed by atoms with Crippen molar-refractivity contribution in [1.82, 2.24) is 9.55 Å². The Bertz CT molecular complexity index is 1090. The van der Waals surface area contributed by atoms with Crippen molar-refractivity contribution in [2.75, 3.05) is 0 Å². The van der Waals surface area contributed by atoms with E-state index in [0.29, 0.717) is 36.3 Å². The van der Waals surface area contributed by atoms with Crippen LogP contribution in [0, 0.1) is 11.3 Å². The molecule has 3 rings (SSSR count). The normalized spacial score (nSPS) is 10.7. The summed E-state index contributed by atoms with van der Waals surface area (Å²) in [7, 11) is 0. The van der Waals surface area contributed by atoms with Gasteiger partial charge >= 0.3 is 0 Å². The minimum atomic E-state index is -0.176. The van der Waals surface area contributed by atoms with Gasteiger partial charge < -0.3 is 5.11 Å². The zero-order valence-electron chi connectivity index (χ0n) is 16.9. The summed E-state index contributed by atoms with van der Waals surface area (Å²) >= 11 is 0. The van der Waals surface area contributed by atoms with Crippen LogP contribution in [0.5, 0.6) is 5.88 Å². The standard InChI is InChI=1S/C24H25N3O2/c1-3-5-10-22-26-23(28)20(4-2)24(29)27(22)16-17-11-13-18(14-12-17)21-9-7-6-8-19(21)15-25/h6-9,11-14,28H,3-5,10,16H2,1-2H3. The molecule has 29 heavy (non-hydrogen) atoms. The van der Waals surface area contributed by atoms with Crippen LogP contribution < -0.4 is 5.56 Å². The van der Waals surface area contributed by atoms with Gasteiger partial charge in [-0.05, 0) is 35.6 Å². The first-order valence-electron chi connectivity index (χ1n) is 9.99. The van der Waals surface area contributed by atoms with Gasteiger partial charge in [0.25, 0.3) is 5.56 Å². The van der Waals surface area contributed by atoms with E-state index >= 15 is 0 Å². The van der Waals surface area contributed by atoms with Gasteiger partial charge in [0.15, 0.2) is 0 Å². The van der Waals surface area contributed by atoms with Crippen molar-refractivity contribution >= 4 is 0 Å². The van der Waals surface area contributed by atoms with Crippen molar-refractivity contribution in [1.29, 1.82) is 5.26 Å². The summed E-state index contributed by atoms with van der Waals surface area (Å²) in [5.74, 6) is 0.466. The largest absolute Gasteiger partial charge is 0.493 e. The molecular weight excluding hydrogens is 362 g/mol. The maximum absolute atomic E-state index is 12.9. The summed E-state index contributed by atoms with van der Waals surface area (Å²) in [5.41, 5.74) is 3.63. The molecule has 0 saturated carbocycles. The van der Waals surface area contributed by atoms with Crippen LogP contribution in [0.2, 0.25) is 0 Å². The molecule has 0 atom stereocenters. The SMILES string of the molecule is CCCCc1nc(O)c(CC)c(=O)n1Cc1ccc(-c2ccccc2C#N)cc1. The van der Waals surface area contributed by atoms with Gasteiger partial charge in [-0.1, -0.05) is 62.7 Å². The van der Waals surface area contributed by atoms with E-state index in [1.54, 1.807) is 10.6 Å². The van der Waals surface area contributed by atoms with Crippen LogP contribution in [-0.2, 0) is 19.4 Å². The molecule has 3 aromatic rings. The van der Waals surface area contributed by atoms with E-state index in [-0.39, 0.29) is 11.4 Å². The summed E-state index contributed by atoms with van der Waals surface area (Å²) in [6.45, 7) is 4.33. The van der Waals surface area contributed by atoms with E-state index in [1.165, 1.54) is 0 Å². The second-order valence-electron chi connectivity index (χ2n) is 7.03. The van der Waals surface area contributed by atoms with Gasteiger partial charge in [0.2, 0.25) is 5.88 Å². The molecule has 0 aliphatic heterocycles. The van der Waals surface area contributed by atoms with Gasteiger partial charge in [0.05, 0.1) is 23.7 Å². The molecular formula is C24H25N3O2. The summed E-state index contributed by atoms with van der Waals surface area (Å²) < 4.78 is 1.67. The summed E-state index contributed by atoms with van der Waals surface area (Å²) in [6.07, 6.45) is 2.98. The smallest absolute Gasteiger partial charge is 0.260 e. The van der Waals surface area contributed by atoms with Gasteiger partial charge in [-0.2, -0.15) is 10.2 Å². The highest BCUT2D eigenvalue weighted by Gasteiger charge is 2.15. The van der Waals surface area contributed by atoms with Crippen molar-refractivity contribution in [2.24, 2.45) is 0 Å². The predicted molar refractivity (Wildman–Crippen MR) is 114 cm³/mol. The first-order chi connectivity index (χ1) is 14.1. The zero-order valence-corrected chi connectivity index (χ0v) is 16.9. The average molecular weight is 387 g/mol. The number of aromatic nitrogens is 2. The molecule has 148 valence electrons. The van der Waals surface area contributed by atoms with E-state index in [0.717, 1.165) is 29.5 Å². The second-order valence-corrected chi connectivity index (χ2v) is 7.03. The fourth-order valence-electron chi connectivity index (χ4n) is 3.43. The molecule has 5 heteroatoms. The second kappa shape index (κ2) is 9.20. The Morgan fingerprint density at radius 2 is 1.83 bits per heavy atom. The molecule has 0 spiro atoms. The molecule has 0 radical (unpaired) electrons. The van der Waals surface area contributed by atoms with Crippen molar-refractivity contribution in [2.45, 2.75) is 46.1 Å². The van der Waals surface area contributed by atoms with E-state index in [2.05, 4.69) is 18.0 Å². The summed E-state index contributed by atoms with van der Waals surface area (Å²) in [6, 6.07) is 17.6. The third-order valence-electron chi connectivity index (χ3n) is 5.08. The lowest BCUT2D eigenvalue weighted by Crippen LogP contribution is -2.28. The Morgan fingerprint density at radius 3 is 2.48 bits per heavy atom. The van der Waals surface area contributed by atoms with Crippen LogP contribution in [0.1, 0.15) is 49.2 Å². The van der Waals surface area contributed by atoms with Crippen LogP contribution in [0.25, 0.3) is 11.1 Å². The van der Waals surface area contributed by atoms with Gasteiger partial charge in [-0.25, -0.2) is 0 Å². The molecule has 0 amide bonds. The van der Waals surface area contributed by atoms with Crippen molar-refractivity contribution in [3.05, 3.63) is 81.4 Å². The number of hydrogen-bond acceptors (Lipinski definition) is 4. The molecule has 0 aliphatic carbocycles. The van der Waals surface area contributed by atoms with E-state index in [4.69, 9.17) is 0 Å². The van der Waals surface area contributed by atoms with Crippen LogP contribution in [0.3, 0.4) is 0 Å². The summed E-state index contributed by atoms with van der Waals surface area (Å²) in [5, 5.41) is 19.4. The van der Waals surface area contributed by atoms with Crippen LogP contribution in [0.4, 0.5) is 0 Å². The monoisotopic (exact) mass is 387 g/mol. The van der Waals surface area contributed by atoms with Crippen LogP contribution in [-0.4, -0.2) is 14.7 Å². The Labute approximate surface area is 170 Å². The third-order valence-corrected chi connectivity index (χ3v) is 5.08. The average Bonchev–Trinajstić information content (AvgIpc) is 2.75. The molecule has 0 saturated heterocycles. The first-order valence-corrected chi connectivity index (χ1v) is 9.99. The maximum Gasteiger partial charge on any atom is 0.260 e. The van der Waals surface area contributed by atoms with Crippen molar-refractivity contribution < 1.29 is 5.11 Å². The topological polar surface area (TPSA) is 78.9 Å². The molecule has 0 aliphatic rings. The van der Waals surface area contributed by atoms with E-state index < -0.39 is 0 Å². The van der Waals surface area contributed by atoms with Crippen LogP contribution >= 0.6 is 0 Å². The molecule has 0 unspecified atom stereocenters. The van der Waals surface area contributed by atoms with E-state index in [9.17, 15) is 15.2 Å². The number of hydrogen-bond donors (Lipinski definition) is 1. The Kier molecular flexibility index (Phi) is 6.46. The van der Waals surface area contributed by atoms with Gasteiger partial charge in [0.1, 0.15) is 5.82 Å². The van der Waals surface area contributed by atoms with Gasteiger partial charge in [-0.3, -0.25) is 9.36 Å². The minimum Gasteiger partial charge on any atom is -0.493 e. The third kappa shape index (κ3) is 4.38. The Morgan fingerprint density at radius 1 is 1.10 bits per heavy atom. The van der Waals surface area contributed by atoms with Crippen molar-refractivity contribution in [3.63, 3.8) is 0 Å². The fraction of sp³-hybridized carbons (Fsp3) is 0.292. The number of aryl methyl sites for hydroxylation is 1. The quantitative estimate of drug-likeness (QED) is 0.650. The molecule has 1 aromatic heterocycles. The molecule has 1 N–H and O–H groups in total. The molecule has 2 aromatic carbocycles. The highest BCUT2D eigenvalue weighted by Crippen LogP contribution is 2.24. The van der Waals surface area contributed by atoms with Gasteiger partial charge in [-0.15, -0.1) is 0 Å². The number of aromatic hydroxyl groups is 1. The fourth-order valence-corrected chi connectivity index (χ4v) is 3.43. The number of unbranched alkanes of at least 4 members (excludes halogenated alkanes) is 1. The molecule has 0 fully saturated rings. The highest BCUT2D eigenvalue weighted by molar-refractivity contribution is 5.70. The van der Waals surface area contributed by atoms with Crippen LogP contribution in [0.15, 0.2) is 53.3 Å². The number of rotatable bonds is 7.